The van der Waals surface area contributed by atoms with Gasteiger partial charge >= 0.3 is 0 Å². The number of phenolic OH excluding ortho intramolecular Hbond substituents is 1. The Labute approximate surface area is 118 Å². The molecule has 0 amide bonds. The molecule has 4 heteroatoms. The molecule has 0 fully saturated rings. The maximum Gasteiger partial charge on any atom is 0.124 e. The zero-order valence-electron chi connectivity index (χ0n) is 11.6. The predicted molar refractivity (Wildman–Crippen MR) is 84.1 cm³/mol. The number of hydrogen-bond donors (Lipinski definition) is 1. The van der Waals surface area contributed by atoms with Gasteiger partial charge in [-0.25, -0.2) is 0 Å². The van der Waals surface area contributed by atoms with Gasteiger partial charge in [-0.15, -0.1) is 0 Å². The fraction of sp³-hybridized carbons (Fsp3) is 0.125. The molecule has 0 saturated carbocycles. The lowest BCUT2D eigenvalue weighted by Gasteiger charge is -2.11. The van der Waals surface area contributed by atoms with Gasteiger partial charge in [0.05, 0.1) is 12.4 Å². The van der Waals surface area contributed by atoms with Crippen molar-refractivity contribution in [3.8, 4) is 5.75 Å². The minimum Gasteiger partial charge on any atom is -0.507 e. The molecule has 0 spiro atoms. The van der Waals surface area contributed by atoms with Gasteiger partial charge in [0.1, 0.15) is 5.75 Å². The van der Waals surface area contributed by atoms with Crippen LogP contribution in [0.4, 0.5) is 5.69 Å². The normalized spacial score (nSPS) is 11.3. The van der Waals surface area contributed by atoms with Crippen molar-refractivity contribution in [2.45, 2.75) is 0 Å². The fourth-order valence-corrected chi connectivity index (χ4v) is 1.65. The van der Waals surface area contributed by atoms with E-state index in [0.717, 1.165) is 11.3 Å². The molecule has 0 bridgehead atoms. The molecular formula is C16H17N3O. The highest BCUT2D eigenvalue weighted by atomic mass is 16.3. The highest BCUT2D eigenvalue weighted by Gasteiger charge is 1.94. The average molecular weight is 267 g/mol. The second-order valence-electron chi connectivity index (χ2n) is 4.53. The number of anilines is 1. The molecule has 0 atom stereocenters. The van der Waals surface area contributed by atoms with Crippen molar-refractivity contribution in [1.82, 2.24) is 0 Å². The number of hydrogen-bond acceptors (Lipinski definition) is 4. The largest absolute Gasteiger partial charge is 0.507 e. The van der Waals surface area contributed by atoms with Gasteiger partial charge in [0.15, 0.2) is 0 Å². The van der Waals surface area contributed by atoms with Crippen LogP contribution < -0.4 is 4.90 Å². The van der Waals surface area contributed by atoms with Gasteiger partial charge < -0.3 is 10.0 Å². The van der Waals surface area contributed by atoms with Crippen molar-refractivity contribution in [3.63, 3.8) is 0 Å². The van der Waals surface area contributed by atoms with Gasteiger partial charge in [0.25, 0.3) is 0 Å². The van der Waals surface area contributed by atoms with Crippen LogP contribution in [0.2, 0.25) is 0 Å². The highest BCUT2D eigenvalue weighted by Crippen LogP contribution is 2.13. The van der Waals surface area contributed by atoms with E-state index in [1.54, 1.807) is 24.4 Å². The molecule has 4 nitrogen and oxygen atoms in total. The van der Waals surface area contributed by atoms with E-state index in [4.69, 9.17) is 0 Å². The number of phenols is 1. The lowest BCUT2D eigenvalue weighted by molar-refractivity contribution is 0.474. The van der Waals surface area contributed by atoms with Gasteiger partial charge in [-0.2, -0.15) is 10.2 Å². The molecule has 1 N–H and O–H groups in total. The van der Waals surface area contributed by atoms with Gasteiger partial charge in [0.2, 0.25) is 0 Å². The van der Waals surface area contributed by atoms with Crippen molar-refractivity contribution in [2.75, 3.05) is 19.0 Å². The Kier molecular flexibility index (Phi) is 4.50. The third kappa shape index (κ3) is 3.68. The van der Waals surface area contributed by atoms with Crippen LogP contribution in [-0.4, -0.2) is 31.6 Å². The third-order valence-corrected chi connectivity index (χ3v) is 2.82. The van der Waals surface area contributed by atoms with Crippen LogP contribution in [0.3, 0.4) is 0 Å². The molecule has 2 rings (SSSR count). The van der Waals surface area contributed by atoms with E-state index in [1.807, 2.05) is 49.3 Å². The summed E-state index contributed by atoms with van der Waals surface area (Å²) in [6.07, 6.45) is 3.20. The van der Waals surface area contributed by atoms with Crippen LogP contribution in [0.5, 0.6) is 5.75 Å². The topological polar surface area (TPSA) is 48.2 Å². The Morgan fingerprint density at radius 1 is 0.900 bits per heavy atom. The van der Waals surface area contributed by atoms with Crippen molar-refractivity contribution in [1.29, 1.82) is 0 Å². The van der Waals surface area contributed by atoms with E-state index in [1.165, 1.54) is 6.21 Å². The maximum absolute atomic E-state index is 9.56. The van der Waals surface area contributed by atoms with Crippen molar-refractivity contribution < 1.29 is 5.11 Å². The van der Waals surface area contributed by atoms with Crippen LogP contribution in [0.1, 0.15) is 11.1 Å². The Bertz CT molecular complexity index is 616. The number of benzene rings is 2. The lowest BCUT2D eigenvalue weighted by atomic mass is 10.2. The summed E-state index contributed by atoms with van der Waals surface area (Å²) in [6.45, 7) is 0. The third-order valence-electron chi connectivity index (χ3n) is 2.82. The zero-order chi connectivity index (χ0) is 14.4. The van der Waals surface area contributed by atoms with E-state index >= 15 is 0 Å². The minimum absolute atomic E-state index is 0.196. The van der Waals surface area contributed by atoms with Crippen LogP contribution in [0, 0.1) is 0 Å². The standard InChI is InChI=1S/C16H17N3O/c1-19(2)15-9-7-13(8-10-15)11-17-18-12-14-5-3-4-6-16(14)20/h3-12,20H,1-2H3. The van der Waals surface area contributed by atoms with Gasteiger partial charge in [-0.3, -0.25) is 0 Å². The Morgan fingerprint density at radius 3 is 2.20 bits per heavy atom. The minimum atomic E-state index is 0.196. The van der Waals surface area contributed by atoms with Crippen molar-refractivity contribution in [3.05, 3.63) is 59.7 Å². The molecule has 0 aliphatic carbocycles. The predicted octanol–water partition coefficient (Wildman–Crippen LogP) is 2.91. The molecule has 0 heterocycles. The van der Waals surface area contributed by atoms with Crippen molar-refractivity contribution in [2.24, 2.45) is 10.2 Å². The summed E-state index contributed by atoms with van der Waals surface area (Å²) < 4.78 is 0. The molecule has 20 heavy (non-hydrogen) atoms. The van der Waals surface area contributed by atoms with Crippen LogP contribution in [0.25, 0.3) is 0 Å². The molecular weight excluding hydrogens is 250 g/mol. The van der Waals surface area contributed by atoms with E-state index < -0.39 is 0 Å². The Hall–Kier alpha value is -2.62. The summed E-state index contributed by atoms with van der Waals surface area (Å²) in [6, 6.07) is 15.0. The summed E-state index contributed by atoms with van der Waals surface area (Å²) >= 11 is 0. The van der Waals surface area contributed by atoms with Gasteiger partial charge in [-0.1, -0.05) is 24.3 Å². The summed E-state index contributed by atoms with van der Waals surface area (Å²) in [5.74, 6) is 0.196. The Morgan fingerprint density at radius 2 is 1.55 bits per heavy atom. The summed E-state index contributed by atoms with van der Waals surface area (Å²) in [5.41, 5.74) is 2.76. The fourth-order valence-electron chi connectivity index (χ4n) is 1.65. The number of para-hydroxylation sites is 1. The Balaban J connectivity index is 2.01. The van der Waals surface area contributed by atoms with Crippen molar-refractivity contribution >= 4 is 18.1 Å². The summed E-state index contributed by atoms with van der Waals surface area (Å²) in [7, 11) is 4.00. The first kappa shape index (κ1) is 13.8. The number of nitrogens with zero attached hydrogens (tertiary/aromatic N) is 3. The molecule has 0 aliphatic rings. The SMILES string of the molecule is CN(C)c1ccc(C=NN=Cc2ccccc2O)cc1. The van der Waals surface area contributed by atoms with E-state index in [2.05, 4.69) is 10.2 Å². The monoisotopic (exact) mass is 267 g/mol. The first-order valence-electron chi connectivity index (χ1n) is 6.28. The molecule has 2 aromatic rings. The second-order valence-corrected chi connectivity index (χ2v) is 4.53. The summed E-state index contributed by atoms with van der Waals surface area (Å²) in [5, 5.41) is 17.5. The molecule has 0 unspecified atom stereocenters. The summed E-state index contributed by atoms with van der Waals surface area (Å²) in [4.78, 5) is 2.04. The smallest absolute Gasteiger partial charge is 0.124 e. The second kappa shape index (κ2) is 6.52. The lowest BCUT2D eigenvalue weighted by Crippen LogP contribution is -2.08. The van der Waals surface area contributed by atoms with Gasteiger partial charge in [-0.05, 0) is 29.8 Å². The van der Waals surface area contributed by atoms with Crippen LogP contribution in [-0.2, 0) is 0 Å². The maximum atomic E-state index is 9.56. The molecule has 102 valence electrons. The van der Waals surface area contributed by atoms with E-state index in [9.17, 15) is 5.11 Å². The molecule has 0 saturated heterocycles. The molecule has 0 aliphatic heterocycles. The number of aromatic hydroxyl groups is 1. The van der Waals surface area contributed by atoms with E-state index in [-0.39, 0.29) is 5.75 Å². The average Bonchev–Trinajstić information content (AvgIpc) is 2.46. The first-order chi connectivity index (χ1) is 9.66. The highest BCUT2D eigenvalue weighted by molar-refractivity contribution is 5.85. The van der Waals surface area contributed by atoms with Gasteiger partial charge in [0, 0.05) is 25.3 Å². The van der Waals surface area contributed by atoms with Crippen LogP contribution in [0.15, 0.2) is 58.7 Å². The zero-order valence-corrected chi connectivity index (χ0v) is 11.6. The molecule has 0 aromatic heterocycles. The molecule has 0 radical (unpaired) electrons. The number of rotatable bonds is 4. The molecule has 2 aromatic carbocycles. The van der Waals surface area contributed by atoms with Crippen LogP contribution >= 0.6 is 0 Å². The van der Waals surface area contributed by atoms with E-state index in [0.29, 0.717) is 5.56 Å². The first-order valence-corrected chi connectivity index (χ1v) is 6.28. The quantitative estimate of drug-likeness (QED) is 0.684.